The summed E-state index contributed by atoms with van der Waals surface area (Å²) < 4.78 is 40.3. The summed E-state index contributed by atoms with van der Waals surface area (Å²) in [4.78, 5) is 12.3. The van der Waals surface area contributed by atoms with Gasteiger partial charge in [0.2, 0.25) is 0 Å². The molecule has 3 rings (SSSR count). The smallest absolute Gasteiger partial charge is 0.406 e. The summed E-state index contributed by atoms with van der Waals surface area (Å²) >= 11 is 0. The third kappa shape index (κ3) is 5.01. The predicted molar refractivity (Wildman–Crippen MR) is 93.2 cm³/mol. The van der Waals surface area contributed by atoms with Crippen molar-refractivity contribution in [3.63, 3.8) is 0 Å². The van der Waals surface area contributed by atoms with E-state index in [0.717, 1.165) is 17.7 Å². The predicted octanol–water partition coefficient (Wildman–Crippen LogP) is 4.15. The van der Waals surface area contributed by atoms with Crippen LogP contribution in [0.4, 0.5) is 13.2 Å². The van der Waals surface area contributed by atoms with Crippen LogP contribution in [0.2, 0.25) is 0 Å². The Morgan fingerprint density at radius 1 is 1.04 bits per heavy atom. The number of hydrogen-bond acceptors (Lipinski definition) is 3. The maximum atomic E-state index is 12.3. The lowest BCUT2D eigenvalue weighted by atomic mass is 9.78. The van der Waals surface area contributed by atoms with Crippen molar-refractivity contribution in [3.8, 4) is 5.75 Å². The van der Waals surface area contributed by atoms with Gasteiger partial charge in [0.05, 0.1) is 5.60 Å². The molecule has 0 aromatic heterocycles. The number of carbonyl (C=O) groups is 1. The molecule has 4 nitrogen and oxygen atoms in total. The summed E-state index contributed by atoms with van der Waals surface area (Å²) in [7, 11) is 0. The molecule has 7 heteroatoms. The Morgan fingerprint density at radius 3 is 2.19 bits per heavy atom. The molecule has 1 aliphatic rings. The van der Waals surface area contributed by atoms with E-state index in [1.807, 2.05) is 30.3 Å². The second-order valence-corrected chi connectivity index (χ2v) is 6.72. The number of rotatable bonds is 4. The molecule has 1 fully saturated rings. The van der Waals surface area contributed by atoms with Gasteiger partial charge in [-0.3, -0.25) is 4.79 Å². The van der Waals surface area contributed by atoms with E-state index in [9.17, 15) is 23.1 Å². The van der Waals surface area contributed by atoms with Gasteiger partial charge in [-0.25, -0.2) is 0 Å². The van der Waals surface area contributed by atoms with E-state index in [0.29, 0.717) is 25.7 Å². The third-order valence-electron chi connectivity index (χ3n) is 4.81. The molecule has 1 saturated carbocycles. The molecule has 1 aliphatic carbocycles. The van der Waals surface area contributed by atoms with Crippen molar-refractivity contribution in [2.75, 3.05) is 0 Å². The molecule has 0 aliphatic heterocycles. The Kier molecular flexibility index (Phi) is 5.41. The van der Waals surface area contributed by atoms with Gasteiger partial charge >= 0.3 is 6.36 Å². The lowest BCUT2D eigenvalue weighted by molar-refractivity contribution is -0.274. The fourth-order valence-electron chi connectivity index (χ4n) is 3.35. The maximum absolute atomic E-state index is 12.3. The van der Waals surface area contributed by atoms with Crippen LogP contribution in [-0.4, -0.2) is 23.4 Å². The van der Waals surface area contributed by atoms with E-state index < -0.39 is 12.0 Å². The fourth-order valence-corrected chi connectivity index (χ4v) is 3.35. The van der Waals surface area contributed by atoms with Crippen LogP contribution in [0, 0.1) is 0 Å². The van der Waals surface area contributed by atoms with Crippen LogP contribution in [0.25, 0.3) is 0 Å². The van der Waals surface area contributed by atoms with Gasteiger partial charge in [-0.15, -0.1) is 13.2 Å². The largest absolute Gasteiger partial charge is 0.573 e. The normalized spacial score (nSPS) is 22.9. The quantitative estimate of drug-likeness (QED) is 0.839. The molecule has 0 bridgehead atoms. The van der Waals surface area contributed by atoms with Gasteiger partial charge in [-0.1, -0.05) is 30.3 Å². The Hall–Kier alpha value is -2.54. The number of nitrogens with one attached hydrogen (secondary N) is 1. The van der Waals surface area contributed by atoms with Crippen LogP contribution in [0.1, 0.15) is 41.6 Å². The van der Waals surface area contributed by atoms with Crippen LogP contribution in [0.3, 0.4) is 0 Å². The summed E-state index contributed by atoms with van der Waals surface area (Å²) in [5, 5.41) is 13.7. The lowest BCUT2D eigenvalue weighted by Crippen LogP contribution is -2.42. The van der Waals surface area contributed by atoms with Crippen molar-refractivity contribution in [2.24, 2.45) is 0 Å². The van der Waals surface area contributed by atoms with Crippen molar-refractivity contribution >= 4 is 5.91 Å². The molecule has 0 saturated heterocycles. The molecule has 144 valence electrons. The van der Waals surface area contributed by atoms with Crippen LogP contribution < -0.4 is 10.1 Å². The molecule has 0 radical (unpaired) electrons. The van der Waals surface area contributed by atoms with Gasteiger partial charge in [-0.05, 0) is 55.5 Å². The van der Waals surface area contributed by atoms with Crippen molar-refractivity contribution in [2.45, 2.75) is 43.7 Å². The van der Waals surface area contributed by atoms with Crippen LogP contribution in [-0.2, 0) is 5.60 Å². The molecule has 0 spiro atoms. The number of ether oxygens (including phenoxy) is 1. The highest BCUT2D eigenvalue weighted by Crippen LogP contribution is 2.37. The third-order valence-corrected chi connectivity index (χ3v) is 4.81. The van der Waals surface area contributed by atoms with Crippen molar-refractivity contribution in [3.05, 3.63) is 65.7 Å². The number of benzene rings is 2. The lowest BCUT2D eigenvalue weighted by Gasteiger charge is -2.36. The molecule has 2 aromatic carbocycles. The average molecular weight is 379 g/mol. The number of halogens is 3. The van der Waals surface area contributed by atoms with Crippen LogP contribution >= 0.6 is 0 Å². The van der Waals surface area contributed by atoms with Gasteiger partial charge in [0.25, 0.3) is 5.91 Å². The Labute approximate surface area is 155 Å². The monoisotopic (exact) mass is 379 g/mol. The maximum Gasteiger partial charge on any atom is 0.573 e. The highest BCUT2D eigenvalue weighted by molar-refractivity contribution is 5.94. The number of aliphatic hydroxyl groups is 1. The highest BCUT2D eigenvalue weighted by Gasteiger charge is 2.35. The number of carbonyl (C=O) groups excluding carboxylic acids is 1. The van der Waals surface area contributed by atoms with Crippen molar-refractivity contribution in [1.82, 2.24) is 5.32 Å². The summed E-state index contributed by atoms with van der Waals surface area (Å²) in [5.74, 6) is -0.728. The summed E-state index contributed by atoms with van der Waals surface area (Å²) in [6.07, 6.45) is -2.47. The molecule has 0 heterocycles. The van der Waals surface area contributed by atoms with Gasteiger partial charge in [0.1, 0.15) is 5.75 Å². The second kappa shape index (κ2) is 7.60. The zero-order valence-electron chi connectivity index (χ0n) is 14.5. The summed E-state index contributed by atoms with van der Waals surface area (Å²) in [6.45, 7) is 0. The molecular weight excluding hydrogens is 359 g/mol. The molecule has 2 N–H and O–H groups in total. The number of alkyl halides is 3. The second-order valence-electron chi connectivity index (χ2n) is 6.72. The van der Waals surface area contributed by atoms with E-state index in [4.69, 9.17) is 0 Å². The summed E-state index contributed by atoms with van der Waals surface area (Å²) in [5.41, 5.74) is 0.238. The Morgan fingerprint density at radius 2 is 1.63 bits per heavy atom. The molecule has 2 aromatic rings. The first kappa shape index (κ1) is 19.2. The average Bonchev–Trinajstić information content (AvgIpc) is 2.64. The molecule has 0 atom stereocenters. The Bertz CT molecular complexity index is 767. The minimum absolute atomic E-state index is 0.0902. The fraction of sp³-hybridized carbons (Fsp3) is 0.350. The van der Waals surface area contributed by atoms with E-state index in [1.54, 1.807) is 0 Å². The Balaban J connectivity index is 1.55. The molecule has 27 heavy (non-hydrogen) atoms. The first-order valence-corrected chi connectivity index (χ1v) is 8.70. The standard InChI is InChI=1S/C20H20F3NO3/c21-20(22,23)27-17-8-6-14(7-9-17)18(25)24-16-10-12-19(26,13-11-16)15-4-2-1-3-5-15/h1-9,16,26H,10-13H2,(H,24,25). The van der Waals surface area contributed by atoms with Gasteiger partial charge in [0, 0.05) is 11.6 Å². The SMILES string of the molecule is O=C(NC1CCC(O)(c2ccccc2)CC1)c1ccc(OC(F)(F)F)cc1. The van der Waals surface area contributed by atoms with E-state index in [-0.39, 0.29) is 23.3 Å². The van der Waals surface area contributed by atoms with Crippen LogP contribution in [0.15, 0.2) is 54.6 Å². The van der Waals surface area contributed by atoms with Gasteiger partial charge in [0.15, 0.2) is 0 Å². The molecule has 1 amide bonds. The van der Waals surface area contributed by atoms with Gasteiger partial charge in [-0.2, -0.15) is 0 Å². The van der Waals surface area contributed by atoms with E-state index in [1.165, 1.54) is 12.1 Å². The first-order valence-electron chi connectivity index (χ1n) is 8.70. The van der Waals surface area contributed by atoms with E-state index >= 15 is 0 Å². The summed E-state index contributed by atoms with van der Waals surface area (Å²) in [6, 6.07) is 14.2. The van der Waals surface area contributed by atoms with Crippen molar-refractivity contribution < 1.29 is 27.8 Å². The zero-order chi connectivity index (χ0) is 19.5. The van der Waals surface area contributed by atoms with E-state index in [2.05, 4.69) is 10.1 Å². The highest BCUT2D eigenvalue weighted by atomic mass is 19.4. The van der Waals surface area contributed by atoms with Crippen molar-refractivity contribution in [1.29, 1.82) is 0 Å². The number of amides is 1. The minimum atomic E-state index is -4.76. The van der Waals surface area contributed by atoms with Gasteiger partial charge < -0.3 is 15.2 Å². The number of hydrogen-bond donors (Lipinski definition) is 2. The minimum Gasteiger partial charge on any atom is -0.406 e. The zero-order valence-corrected chi connectivity index (χ0v) is 14.5. The molecule has 0 unspecified atom stereocenters. The molecular formula is C20H20F3NO3. The first-order chi connectivity index (χ1) is 12.8. The van der Waals surface area contributed by atoms with Crippen LogP contribution in [0.5, 0.6) is 5.75 Å². The topological polar surface area (TPSA) is 58.6 Å².